The molecule has 1 fully saturated rings. The summed E-state index contributed by atoms with van der Waals surface area (Å²) in [5, 5.41) is 4.28. The van der Waals surface area contributed by atoms with E-state index in [1.807, 2.05) is 24.0 Å². The number of hydrogen-bond donors (Lipinski definition) is 2. The fraction of sp³-hybridized carbons (Fsp3) is 0.600. The molecule has 1 aliphatic rings. The van der Waals surface area contributed by atoms with Gasteiger partial charge in [-0.2, -0.15) is 0 Å². The Labute approximate surface area is 186 Å². The highest BCUT2D eigenvalue weighted by Gasteiger charge is 2.21. The van der Waals surface area contributed by atoms with Gasteiger partial charge in [-0.15, -0.1) is 0 Å². The number of nitrogens with zero attached hydrogens (tertiary/aromatic N) is 2. The zero-order chi connectivity index (χ0) is 22.4. The molecule has 6 nitrogen and oxygen atoms in total. The Morgan fingerprint density at radius 2 is 1.74 bits per heavy atom. The van der Waals surface area contributed by atoms with Crippen molar-refractivity contribution in [3.63, 3.8) is 0 Å². The molecule has 1 saturated carbocycles. The molecule has 0 unspecified atom stereocenters. The standard InChI is InChI=1S/C25H38N4O2/c1-5-28(6-2)14-15-29(25(31)26-21-10-8-7-9-11-21)17-20-16-22-18(3)12-13-19(4)23(22)27-24(20)30/h12-13,16,21H,5-11,14-15,17H2,1-4H3,(H,26,31)(H,27,30). The molecule has 1 aromatic carbocycles. The number of aromatic amines is 1. The summed E-state index contributed by atoms with van der Waals surface area (Å²) in [5.41, 5.74) is 3.59. The van der Waals surface area contributed by atoms with Gasteiger partial charge in [0.25, 0.3) is 5.56 Å². The Morgan fingerprint density at radius 1 is 1.06 bits per heavy atom. The van der Waals surface area contributed by atoms with Crippen molar-refractivity contribution in [2.75, 3.05) is 26.2 Å². The minimum atomic E-state index is -0.112. The largest absolute Gasteiger partial charge is 0.335 e. The number of likely N-dealkylation sites (N-methyl/N-ethyl adjacent to an activating group) is 1. The fourth-order valence-corrected chi connectivity index (χ4v) is 4.51. The van der Waals surface area contributed by atoms with Crippen molar-refractivity contribution in [1.29, 1.82) is 0 Å². The predicted octanol–water partition coefficient (Wildman–Crippen LogP) is 4.33. The highest BCUT2D eigenvalue weighted by Crippen LogP contribution is 2.21. The first kappa shape index (κ1) is 23.3. The Balaban J connectivity index is 1.84. The molecule has 6 heteroatoms. The molecular weight excluding hydrogens is 388 g/mol. The van der Waals surface area contributed by atoms with Crippen molar-refractivity contribution in [2.45, 2.75) is 72.4 Å². The van der Waals surface area contributed by atoms with Gasteiger partial charge in [0.2, 0.25) is 0 Å². The van der Waals surface area contributed by atoms with Crippen LogP contribution in [0.25, 0.3) is 10.9 Å². The SMILES string of the molecule is CCN(CC)CCN(Cc1cc2c(C)ccc(C)c2[nH]c1=O)C(=O)NC1CCCCC1. The molecule has 31 heavy (non-hydrogen) atoms. The first-order valence-electron chi connectivity index (χ1n) is 11.8. The Kier molecular flexibility index (Phi) is 8.13. The molecule has 1 heterocycles. The molecule has 0 saturated heterocycles. The van der Waals surface area contributed by atoms with E-state index in [2.05, 4.69) is 42.0 Å². The van der Waals surface area contributed by atoms with Crippen LogP contribution < -0.4 is 10.9 Å². The van der Waals surface area contributed by atoms with Gasteiger partial charge in [-0.05, 0) is 57.0 Å². The maximum Gasteiger partial charge on any atom is 0.317 e. The van der Waals surface area contributed by atoms with E-state index in [0.29, 0.717) is 18.7 Å². The normalized spacial score (nSPS) is 14.9. The van der Waals surface area contributed by atoms with E-state index in [-0.39, 0.29) is 17.6 Å². The molecule has 2 amide bonds. The number of carbonyl (C=O) groups excluding carboxylic acids is 1. The molecule has 0 aliphatic heterocycles. The lowest BCUT2D eigenvalue weighted by molar-refractivity contribution is 0.175. The topological polar surface area (TPSA) is 68.4 Å². The van der Waals surface area contributed by atoms with Gasteiger partial charge in [0, 0.05) is 30.1 Å². The summed E-state index contributed by atoms with van der Waals surface area (Å²) in [6, 6.07) is 6.26. The lowest BCUT2D eigenvalue weighted by Crippen LogP contribution is -2.48. The average Bonchev–Trinajstić information content (AvgIpc) is 2.77. The van der Waals surface area contributed by atoms with E-state index < -0.39 is 0 Å². The van der Waals surface area contributed by atoms with Crippen LogP contribution in [0.1, 0.15) is 62.6 Å². The summed E-state index contributed by atoms with van der Waals surface area (Å²) in [6.07, 6.45) is 5.69. The van der Waals surface area contributed by atoms with Crippen LogP contribution in [0, 0.1) is 13.8 Å². The van der Waals surface area contributed by atoms with Gasteiger partial charge >= 0.3 is 6.03 Å². The number of urea groups is 1. The Bertz CT molecular complexity index is 942. The van der Waals surface area contributed by atoms with E-state index in [0.717, 1.165) is 54.5 Å². The van der Waals surface area contributed by atoms with Crippen molar-refractivity contribution < 1.29 is 4.79 Å². The van der Waals surface area contributed by atoms with Gasteiger partial charge in [0.1, 0.15) is 0 Å². The average molecular weight is 427 g/mol. The zero-order valence-electron chi connectivity index (χ0n) is 19.6. The quantitative estimate of drug-likeness (QED) is 0.660. The van der Waals surface area contributed by atoms with Crippen molar-refractivity contribution in [2.24, 2.45) is 0 Å². The number of nitrogens with one attached hydrogen (secondary N) is 2. The zero-order valence-corrected chi connectivity index (χ0v) is 19.6. The molecule has 1 aromatic heterocycles. The highest BCUT2D eigenvalue weighted by molar-refractivity contribution is 5.85. The number of carbonyl (C=O) groups is 1. The van der Waals surface area contributed by atoms with Crippen molar-refractivity contribution >= 4 is 16.9 Å². The summed E-state index contributed by atoms with van der Waals surface area (Å²) in [5.74, 6) is 0. The molecule has 0 bridgehead atoms. The monoisotopic (exact) mass is 426 g/mol. The van der Waals surface area contributed by atoms with Gasteiger partial charge in [-0.1, -0.05) is 45.2 Å². The van der Waals surface area contributed by atoms with Crippen LogP contribution in [0.4, 0.5) is 4.79 Å². The van der Waals surface area contributed by atoms with E-state index in [1.165, 1.54) is 19.3 Å². The number of benzene rings is 1. The second-order valence-electron chi connectivity index (χ2n) is 8.84. The van der Waals surface area contributed by atoms with Gasteiger partial charge in [-0.25, -0.2) is 4.79 Å². The first-order chi connectivity index (χ1) is 14.9. The van der Waals surface area contributed by atoms with Crippen LogP contribution in [0.5, 0.6) is 0 Å². The van der Waals surface area contributed by atoms with E-state index >= 15 is 0 Å². The number of amides is 2. The summed E-state index contributed by atoms with van der Waals surface area (Å²) in [7, 11) is 0. The molecule has 2 aromatic rings. The lowest BCUT2D eigenvalue weighted by Gasteiger charge is -2.30. The number of aromatic nitrogens is 1. The van der Waals surface area contributed by atoms with Crippen molar-refractivity contribution in [1.82, 2.24) is 20.1 Å². The van der Waals surface area contributed by atoms with E-state index in [9.17, 15) is 9.59 Å². The minimum absolute atomic E-state index is 0.0560. The third kappa shape index (κ3) is 5.88. The van der Waals surface area contributed by atoms with Crippen LogP contribution in [0.2, 0.25) is 0 Å². The van der Waals surface area contributed by atoms with Gasteiger partial charge in [0.15, 0.2) is 0 Å². The number of hydrogen-bond acceptors (Lipinski definition) is 3. The molecule has 0 spiro atoms. The lowest BCUT2D eigenvalue weighted by atomic mass is 9.96. The molecule has 170 valence electrons. The predicted molar refractivity (Wildman–Crippen MR) is 128 cm³/mol. The summed E-state index contributed by atoms with van der Waals surface area (Å²) in [6.45, 7) is 11.9. The number of pyridine rings is 1. The summed E-state index contributed by atoms with van der Waals surface area (Å²) >= 11 is 0. The van der Waals surface area contributed by atoms with Gasteiger partial charge < -0.3 is 20.1 Å². The number of H-pyrrole nitrogens is 1. The maximum absolute atomic E-state index is 13.2. The van der Waals surface area contributed by atoms with E-state index in [1.54, 1.807) is 0 Å². The third-order valence-corrected chi connectivity index (χ3v) is 6.68. The van der Waals surface area contributed by atoms with E-state index in [4.69, 9.17) is 0 Å². The van der Waals surface area contributed by atoms with Crippen LogP contribution in [-0.2, 0) is 6.54 Å². The number of aryl methyl sites for hydroxylation is 2. The second kappa shape index (κ2) is 10.8. The maximum atomic E-state index is 13.2. The second-order valence-corrected chi connectivity index (χ2v) is 8.84. The first-order valence-corrected chi connectivity index (χ1v) is 11.8. The molecule has 2 N–H and O–H groups in total. The number of fused-ring (bicyclic) bond motifs is 1. The van der Waals surface area contributed by atoms with Crippen LogP contribution in [0.15, 0.2) is 23.0 Å². The molecular formula is C25H38N4O2. The number of rotatable bonds is 8. The summed E-state index contributed by atoms with van der Waals surface area (Å²) in [4.78, 5) is 33.2. The molecule has 0 radical (unpaired) electrons. The third-order valence-electron chi connectivity index (χ3n) is 6.68. The Hall–Kier alpha value is -2.34. The van der Waals surface area contributed by atoms with Gasteiger partial charge in [-0.3, -0.25) is 4.79 Å². The smallest absolute Gasteiger partial charge is 0.317 e. The van der Waals surface area contributed by atoms with Crippen molar-refractivity contribution in [3.05, 3.63) is 45.2 Å². The Morgan fingerprint density at radius 3 is 2.42 bits per heavy atom. The molecule has 3 rings (SSSR count). The minimum Gasteiger partial charge on any atom is -0.335 e. The van der Waals surface area contributed by atoms with Crippen LogP contribution in [0.3, 0.4) is 0 Å². The fourth-order valence-electron chi connectivity index (χ4n) is 4.51. The van der Waals surface area contributed by atoms with Crippen LogP contribution >= 0.6 is 0 Å². The van der Waals surface area contributed by atoms with Crippen molar-refractivity contribution in [3.8, 4) is 0 Å². The highest BCUT2D eigenvalue weighted by atomic mass is 16.2. The molecule has 1 aliphatic carbocycles. The molecule has 0 atom stereocenters. The van der Waals surface area contributed by atoms with Gasteiger partial charge in [0.05, 0.1) is 12.1 Å². The summed E-state index contributed by atoms with van der Waals surface area (Å²) < 4.78 is 0. The van der Waals surface area contributed by atoms with Crippen LogP contribution in [-0.4, -0.2) is 53.0 Å².